The summed E-state index contributed by atoms with van der Waals surface area (Å²) in [6.45, 7) is 0.743. The third-order valence-electron chi connectivity index (χ3n) is 4.22. The Morgan fingerprint density at radius 2 is 1.58 bits per heavy atom. The molecule has 24 heavy (non-hydrogen) atoms. The van der Waals surface area contributed by atoms with E-state index in [1.165, 1.54) is 12.8 Å². The Morgan fingerprint density at radius 3 is 2.21 bits per heavy atom. The van der Waals surface area contributed by atoms with Crippen LogP contribution >= 0.6 is 0 Å². The molecular formula is C20H22N2O2. The number of nitrogens with one attached hydrogen (secondary N) is 2. The lowest BCUT2D eigenvalue weighted by atomic mass is 10.0. The first kappa shape index (κ1) is 16.2. The van der Waals surface area contributed by atoms with Gasteiger partial charge in [-0.1, -0.05) is 48.5 Å². The first-order valence-corrected chi connectivity index (χ1v) is 8.40. The number of hydrogen-bond donors (Lipinski definition) is 2. The Labute approximate surface area is 142 Å². The number of carbonyl (C=O) groups is 2. The van der Waals surface area contributed by atoms with Crippen LogP contribution < -0.4 is 10.6 Å². The molecule has 3 rings (SSSR count). The standard InChI is InChI=1S/C20H22N2O2/c23-19(21-14-15-11-12-15)13-18(16-7-3-1-4-8-16)22-20(24)17-9-5-2-6-10-17/h1-10,15,18H,11-14H2,(H,21,23)(H,22,24). The maximum absolute atomic E-state index is 12.4. The van der Waals surface area contributed by atoms with Crippen LogP contribution in [-0.4, -0.2) is 18.4 Å². The minimum Gasteiger partial charge on any atom is -0.356 e. The van der Waals surface area contributed by atoms with Gasteiger partial charge < -0.3 is 10.6 Å². The van der Waals surface area contributed by atoms with Crippen LogP contribution in [0.25, 0.3) is 0 Å². The summed E-state index contributed by atoms with van der Waals surface area (Å²) >= 11 is 0. The van der Waals surface area contributed by atoms with Crippen LogP contribution in [0.3, 0.4) is 0 Å². The lowest BCUT2D eigenvalue weighted by Crippen LogP contribution is -2.34. The topological polar surface area (TPSA) is 58.2 Å². The Bertz CT molecular complexity index is 681. The van der Waals surface area contributed by atoms with Gasteiger partial charge in [-0.2, -0.15) is 0 Å². The van der Waals surface area contributed by atoms with Crippen molar-refractivity contribution in [2.24, 2.45) is 5.92 Å². The highest BCUT2D eigenvalue weighted by Gasteiger charge is 2.23. The minimum absolute atomic E-state index is 0.0240. The molecule has 0 bridgehead atoms. The van der Waals surface area contributed by atoms with Gasteiger partial charge in [0.15, 0.2) is 0 Å². The molecule has 0 spiro atoms. The maximum atomic E-state index is 12.4. The van der Waals surface area contributed by atoms with Crippen molar-refractivity contribution in [1.29, 1.82) is 0 Å². The summed E-state index contributed by atoms with van der Waals surface area (Å²) in [6, 6.07) is 18.4. The number of benzene rings is 2. The molecule has 2 aromatic carbocycles. The molecule has 124 valence electrons. The van der Waals surface area contributed by atoms with Crippen molar-refractivity contribution in [2.45, 2.75) is 25.3 Å². The van der Waals surface area contributed by atoms with E-state index in [-0.39, 0.29) is 24.3 Å². The van der Waals surface area contributed by atoms with E-state index in [0.29, 0.717) is 11.5 Å². The molecule has 0 saturated heterocycles. The van der Waals surface area contributed by atoms with Crippen molar-refractivity contribution in [3.63, 3.8) is 0 Å². The van der Waals surface area contributed by atoms with Gasteiger partial charge in [0.25, 0.3) is 5.91 Å². The number of carbonyl (C=O) groups excluding carboxylic acids is 2. The second-order valence-corrected chi connectivity index (χ2v) is 6.25. The smallest absolute Gasteiger partial charge is 0.251 e. The summed E-state index contributed by atoms with van der Waals surface area (Å²) in [5.74, 6) is 0.451. The Balaban J connectivity index is 1.67. The first-order chi connectivity index (χ1) is 11.7. The zero-order valence-electron chi connectivity index (χ0n) is 13.6. The molecule has 0 heterocycles. The molecule has 1 aliphatic rings. The third-order valence-corrected chi connectivity index (χ3v) is 4.22. The third kappa shape index (κ3) is 4.69. The van der Waals surface area contributed by atoms with E-state index < -0.39 is 0 Å². The van der Waals surface area contributed by atoms with Crippen molar-refractivity contribution in [3.8, 4) is 0 Å². The van der Waals surface area contributed by atoms with Gasteiger partial charge in [-0.15, -0.1) is 0 Å². The van der Waals surface area contributed by atoms with Gasteiger partial charge >= 0.3 is 0 Å². The second-order valence-electron chi connectivity index (χ2n) is 6.25. The van der Waals surface area contributed by atoms with Gasteiger partial charge in [0.2, 0.25) is 5.91 Å². The van der Waals surface area contributed by atoms with E-state index >= 15 is 0 Å². The maximum Gasteiger partial charge on any atom is 0.251 e. The van der Waals surface area contributed by atoms with Crippen molar-refractivity contribution < 1.29 is 9.59 Å². The van der Waals surface area contributed by atoms with E-state index in [1.807, 2.05) is 48.5 Å². The molecule has 1 saturated carbocycles. The molecule has 0 aromatic heterocycles. The first-order valence-electron chi connectivity index (χ1n) is 8.40. The van der Waals surface area contributed by atoms with Gasteiger partial charge in [0, 0.05) is 12.1 Å². The Hall–Kier alpha value is -2.62. The average molecular weight is 322 g/mol. The van der Waals surface area contributed by atoms with Crippen LogP contribution in [0.15, 0.2) is 60.7 Å². The quantitative estimate of drug-likeness (QED) is 0.823. The van der Waals surface area contributed by atoms with Crippen LogP contribution in [0.5, 0.6) is 0 Å². The molecular weight excluding hydrogens is 300 g/mol. The molecule has 1 atom stereocenters. The summed E-state index contributed by atoms with van der Waals surface area (Å²) in [6.07, 6.45) is 2.65. The average Bonchev–Trinajstić information content (AvgIpc) is 3.45. The highest BCUT2D eigenvalue weighted by Crippen LogP contribution is 2.27. The van der Waals surface area contributed by atoms with Crippen LogP contribution in [0.4, 0.5) is 0 Å². The summed E-state index contributed by atoms with van der Waals surface area (Å²) < 4.78 is 0. The van der Waals surface area contributed by atoms with Crippen LogP contribution in [0.2, 0.25) is 0 Å². The SMILES string of the molecule is O=C(CC(NC(=O)c1ccccc1)c1ccccc1)NCC1CC1. The fraction of sp³-hybridized carbons (Fsp3) is 0.300. The number of rotatable bonds is 7. The Morgan fingerprint density at radius 1 is 0.958 bits per heavy atom. The van der Waals surface area contributed by atoms with Gasteiger partial charge in [-0.05, 0) is 36.5 Å². The lowest BCUT2D eigenvalue weighted by Gasteiger charge is -2.19. The highest BCUT2D eigenvalue weighted by molar-refractivity contribution is 5.94. The zero-order chi connectivity index (χ0) is 16.8. The number of hydrogen-bond acceptors (Lipinski definition) is 2. The fourth-order valence-electron chi connectivity index (χ4n) is 2.61. The number of amides is 2. The van der Waals surface area contributed by atoms with E-state index in [4.69, 9.17) is 0 Å². The molecule has 2 N–H and O–H groups in total. The largest absolute Gasteiger partial charge is 0.356 e. The molecule has 0 aliphatic heterocycles. The van der Waals surface area contributed by atoms with Gasteiger partial charge in [0.1, 0.15) is 0 Å². The van der Waals surface area contributed by atoms with Crippen LogP contribution in [0, 0.1) is 5.92 Å². The van der Waals surface area contributed by atoms with E-state index in [9.17, 15) is 9.59 Å². The summed E-state index contributed by atoms with van der Waals surface area (Å²) in [4.78, 5) is 24.7. The normalized spacial score (nSPS) is 14.7. The monoisotopic (exact) mass is 322 g/mol. The second kappa shape index (κ2) is 7.77. The van der Waals surface area contributed by atoms with Crippen molar-refractivity contribution in [1.82, 2.24) is 10.6 Å². The molecule has 0 radical (unpaired) electrons. The summed E-state index contributed by atoms with van der Waals surface area (Å²) in [7, 11) is 0. The molecule has 1 unspecified atom stereocenters. The fourth-order valence-corrected chi connectivity index (χ4v) is 2.61. The zero-order valence-corrected chi connectivity index (χ0v) is 13.6. The Kier molecular flexibility index (Phi) is 5.26. The van der Waals surface area contributed by atoms with Crippen molar-refractivity contribution in [3.05, 3.63) is 71.8 Å². The molecule has 2 aromatic rings. The van der Waals surface area contributed by atoms with Gasteiger partial charge in [-0.3, -0.25) is 9.59 Å². The van der Waals surface area contributed by atoms with Crippen LogP contribution in [-0.2, 0) is 4.79 Å². The molecule has 4 nitrogen and oxygen atoms in total. The summed E-state index contributed by atoms with van der Waals surface area (Å²) in [5.41, 5.74) is 1.53. The van der Waals surface area contributed by atoms with Gasteiger partial charge in [-0.25, -0.2) is 0 Å². The molecule has 1 aliphatic carbocycles. The summed E-state index contributed by atoms with van der Waals surface area (Å²) in [5, 5.41) is 5.95. The lowest BCUT2D eigenvalue weighted by molar-refractivity contribution is -0.121. The predicted octanol–water partition coefficient (Wildman–Crippen LogP) is 3.07. The highest BCUT2D eigenvalue weighted by atomic mass is 16.2. The van der Waals surface area contributed by atoms with Gasteiger partial charge in [0.05, 0.1) is 12.5 Å². The van der Waals surface area contributed by atoms with E-state index in [0.717, 1.165) is 12.1 Å². The predicted molar refractivity (Wildman–Crippen MR) is 93.4 cm³/mol. The molecule has 4 heteroatoms. The van der Waals surface area contributed by atoms with Crippen molar-refractivity contribution in [2.75, 3.05) is 6.54 Å². The van der Waals surface area contributed by atoms with Crippen LogP contribution in [0.1, 0.15) is 41.2 Å². The molecule has 1 fully saturated rings. The molecule has 2 amide bonds. The minimum atomic E-state index is -0.335. The van der Waals surface area contributed by atoms with Crippen molar-refractivity contribution >= 4 is 11.8 Å². The van der Waals surface area contributed by atoms with E-state index in [1.54, 1.807) is 12.1 Å². The van der Waals surface area contributed by atoms with E-state index in [2.05, 4.69) is 10.6 Å².